The molecule has 51 heavy (non-hydrogen) atoms. The second-order valence-corrected chi connectivity index (χ2v) is 13.1. The van der Waals surface area contributed by atoms with Crippen LogP contribution in [0, 0.1) is 0 Å². The van der Waals surface area contributed by atoms with E-state index in [4.69, 9.17) is 13.8 Å². The number of benzene rings is 7. The van der Waals surface area contributed by atoms with Crippen LogP contribution in [0.1, 0.15) is 0 Å². The molecule has 0 aliphatic heterocycles. The highest BCUT2D eigenvalue weighted by molar-refractivity contribution is 6.24. The van der Waals surface area contributed by atoms with Gasteiger partial charge in [-0.05, 0) is 77.9 Å². The fourth-order valence-corrected chi connectivity index (χ4v) is 7.86. The Morgan fingerprint density at radius 2 is 1.08 bits per heavy atom. The minimum absolute atomic E-state index is 0.827. The molecule has 11 aromatic rings. The fourth-order valence-electron chi connectivity index (χ4n) is 7.86. The van der Waals surface area contributed by atoms with Gasteiger partial charge in [-0.15, -0.1) is 0 Å². The predicted octanol–water partition coefficient (Wildman–Crippen LogP) is 13.0. The van der Waals surface area contributed by atoms with Gasteiger partial charge in [-0.2, -0.15) is 0 Å². The van der Waals surface area contributed by atoms with Crippen molar-refractivity contribution in [1.82, 2.24) is 9.55 Å². The van der Waals surface area contributed by atoms with Crippen molar-refractivity contribution >= 4 is 65.7 Å². The van der Waals surface area contributed by atoms with Crippen LogP contribution >= 0.6 is 0 Å². The molecule has 0 saturated heterocycles. The third-order valence-corrected chi connectivity index (χ3v) is 10.2. The van der Waals surface area contributed by atoms with E-state index in [1.807, 2.05) is 24.3 Å². The molecule has 0 unspecified atom stereocenters. The molecule has 0 saturated carbocycles. The Labute approximate surface area is 292 Å². The molecule has 4 heterocycles. The molecule has 0 atom stereocenters. The van der Waals surface area contributed by atoms with Crippen molar-refractivity contribution in [3.63, 3.8) is 0 Å². The number of nitrogens with zero attached hydrogens (tertiary/aromatic N) is 2. The first-order valence-corrected chi connectivity index (χ1v) is 17.2. The van der Waals surface area contributed by atoms with Gasteiger partial charge in [0, 0.05) is 43.7 Å². The molecule has 0 amide bonds. The zero-order valence-electron chi connectivity index (χ0n) is 27.4. The summed E-state index contributed by atoms with van der Waals surface area (Å²) in [7, 11) is 0. The molecular formula is C47H28N2O2. The van der Waals surface area contributed by atoms with Crippen molar-refractivity contribution in [3.8, 4) is 39.3 Å². The summed E-state index contributed by atoms with van der Waals surface area (Å²) < 4.78 is 15.6. The van der Waals surface area contributed by atoms with E-state index in [2.05, 4.69) is 150 Å². The molecular weight excluding hydrogens is 625 g/mol. The van der Waals surface area contributed by atoms with Gasteiger partial charge in [0.05, 0.1) is 27.8 Å². The summed E-state index contributed by atoms with van der Waals surface area (Å²) in [5.41, 5.74) is 12.7. The number of hydrogen-bond acceptors (Lipinski definition) is 3. The number of hydrogen-bond donors (Lipinski definition) is 0. The average Bonchev–Trinajstić information content (AvgIpc) is 3.87. The van der Waals surface area contributed by atoms with Crippen LogP contribution in [0.3, 0.4) is 0 Å². The number of rotatable bonds is 4. The fraction of sp³-hybridized carbons (Fsp3) is 0. The second kappa shape index (κ2) is 10.8. The quantitative estimate of drug-likeness (QED) is 0.190. The van der Waals surface area contributed by atoms with Crippen LogP contribution in [0.4, 0.5) is 0 Å². The number of pyridine rings is 1. The van der Waals surface area contributed by atoms with E-state index < -0.39 is 0 Å². The molecule has 0 bridgehead atoms. The summed E-state index contributed by atoms with van der Waals surface area (Å²) in [6, 6.07) is 59.4. The van der Waals surface area contributed by atoms with Crippen molar-refractivity contribution in [3.05, 3.63) is 170 Å². The van der Waals surface area contributed by atoms with Crippen molar-refractivity contribution in [2.45, 2.75) is 0 Å². The summed E-state index contributed by atoms with van der Waals surface area (Å²) in [6.45, 7) is 0. The molecule has 0 N–H and O–H groups in total. The molecule has 0 aliphatic rings. The van der Waals surface area contributed by atoms with E-state index in [0.717, 1.165) is 105 Å². The number of fused-ring (bicyclic) bond motifs is 10. The van der Waals surface area contributed by atoms with Crippen molar-refractivity contribution in [1.29, 1.82) is 0 Å². The number of furan rings is 2. The van der Waals surface area contributed by atoms with E-state index >= 15 is 0 Å². The molecule has 0 fully saturated rings. The van der Waals surface area contributed by atoms with Gasteiger partial charge >= 0.3 is 0 Å². The lowest BCUT2D eigenvalue weighted by molar-refractivity contribution is 0.669. The van der Waals surface area contributed by atoms with Crippen LogP contribution < -0.4 is 0 Å². The Kier molecular flexibility index (Phi) is 5.92. The maximum absolute atomic E-state index is 7.02. The molecule has 4 aromatic heterocycles. The predicted molar refractivity (Wildman–Crippen MR) is 209 cm³/mol. The standard InChI is InChI=1S/C47H28N2O2/c1-3-12-29(13-4-1)31-26-39(30-22-23-34-33-16-8-10-21-43(33)50-44(34)28-30)48-40(27-31)37-19-11-18-35-36-24-25-42-45(47(36)51-46(35)37)38-17-7-9-20-41(38)49(42)32-14-5-2-6-15-32/h1-28H. The largest absolute Gasteiger partial charge is 0.456 e. The Morgan fingerprint density at radius 3 is 1.96 bits per heavy atom. The van der Waals surface area contributed by atoms with E-state index in [-0.39, 0.29) is 0 Å². The maximum Gasteiger partial charge on any atom is 0.145 e. The molecule has 7 aromatic carbocycles. The zero-order chi connectivity index (χ0) is 33.5. The Hall–Kier alpha value is -6.91. The first kappa shape index (κ1) is 28.0. The van der Waals surface area contributed by atoms with Crippen molar-refractivity contribution in [2.75, 3.05) is 0 Å². The van der Waals surface area contributed by atoms with Gasteiger partial charge in [-0.3, -0.25) is 0 Å². The van der Waals surface area contributed by atoms with Crippen molar-refractivity contribution < 1.29 is 8.83 Å². The number of para-hydroxylation sites is 4. The van der Waals surface area contributed by atoms with Crippen LogP contribution in [0.5, 0.6) is 0 Å². The highest BCUT2D eigenvalue weighted by Crippen LogP contribution is 2.43. The molecule has 4 heteroatoms. The van der Waals surface area contributed by atoms with E-state index in [1.165, 1.54) is 0 Å². The average molecular weight is 653 g/mol. The lowest BCUT2D eigenvalue weighted by Crippen LogP contribution is -1.92. The van der Waals surface area contributed by atoms with Gasteiger partial charge in [0.2, 0.25) is 0 Å². The van der Waals surface area contributed by atoms with Crippen LogP contribution in [0.25, 0.3) is 105 Å². The summed E-state index contributed by atoms with van der Waals surface area (Å²) >= 11 is 0. The van der Waals surface area contributed by atoms with Gasteiger partial charge in [-0.1, -0.05) is 103 Å². The summed E-state index contributed by atoms with van der Waals surface area (Å²) in [5.74, 6) is 0. The van der Waals surface area contributed by atoms with Gasteiger partial charge in [-0.25, -0.2) is 4.98 Å². The summed E-state index contributed by atoms with van der Waals surface area (Å²) in [4.78, 5) is 5.33. The van der Waals surface area contributed by atoms with Crippen LogP contribution in [0.15, 0.2) is 179 Å². The third kappa shape index (κ3) is 4.23. The second-order valence-electron chi connectivity index (χ2n) is 13.1. The lowest BCUT2D eigenvalue weighted by atomic mass is 9.98. The monoisotopic (exact) mass is 652 g/mol. The van der Waals surface area contributed by atoms with Gasteiger partial charge < -0.3 is 13.4 Å². The van der Waals surface area contributed by atoms with E-state index in [1.54, 1.807) is 0 Å². The van der Waals surface area contributed by atoms with Crippen LogP contribution in [0.2, 0.25) is 0 Å². The Balaban J connectivity index is 1.16. The van der Waals surface area contributed by atoms with Crippen molar-refractivity contribution in [2.24, 2.45) is 0 Å². The Morgan fingerprint density at radius 1 is 0.392 bits per heavy atom. The molecule has 11 rings (SSSR count). The first-order valence-electron chi connectivity index (χ1n) is 17.2. The minimum Gasteiger partial charge on any atom is -0.456 e. The summed E-state index contributed by atoms with van der Waals surface area (Å²) in [6.07, 6.45) is 0. The van der Waals surface area contributed by atoms with Gasteiger partial charge in [0.15, 0.2) is 0 Å². The zero-order valence-corrected chi connectivity index (χ0v) is 27.4. The molecule has 4 nitrogen and oxygen atoms in total. The lowest BCUT2D eigenvalue weighted by Gasteiger charge is -2.11. The topological polar surface area (TPSA) is 44.1 Å². The van der Waals surface area contributed by atoms with Gasteiger partial charge in [0.25, 0.3) is 0 Å². The number of aromatic nitrogens is 2. The Bertz CT molecular complexity index is 3130. The highest BCUT2D eigenvalue weighted by atomic mass is 16.3. The van der Waals surface area contributed by atoms with E-state index in [9.17, 15) is 0 Å². The van der Waals surface area contributed by atoms with Crippen LogP contribution in [-0.2, 0) is 0 Å². The van der Waals surface area contributed by atoms with E-state index in [0.29, 0.717) is 0 Å². The SMILES string of the molecule is c1ccc(-c2cc(-c3ccc4c(c3)oc3ccccc34)nc(-c3cccc4c3oc3c4ccc4c3c3ccccc3n4-c3ccccc3)c2)cc1. The first-order chi connectivity index (χ1) is 25.3. The molecule has 0 spiro atoms. The van der Waals surface area contributed by atoms with Gasteiger partial charge in [0.1, 0.15) is 22.3 Å². The minimum atomic E-state index is 0.827. The molecule has 0 aliphatic carbocycles. The van der Waals surface area contributed by atoms with Crippen LogP contribution in [-0.4, -0.2) is 9.55 Å². The molecule has 238 valence electrons. The summed E-state index contributed by atoms with van der Waals surface area (Å²) in [5, 5.41) is 6.64. The third-order valence-electron chi connectivity index (χ3n) is 10.2. The normalized spacial score (nSPS) is 11.9. The highest BCUT2D eigenvalue weighted by Gasteiger charge is 2.21. The molecule has 0 radical (unpaired) electrons. The maximum atomic E-state index is 7.02. The smallest absolute Gasteiger partial charge is 0.145 e.